The standard InChI is InChI=1S/C12H19N3O3S/c1-4-12(2,10(13)17)15-11-14-8(7-19-11)5-6-9(16)18-3/h7H,4-6H2,1-3H3,(H2,13,17)(H,14,15). The van der Waals surface area contributed by atoms with E-state index in [-0.39, 0.29) is 5.97 Å². The predicted octanol–water partition coefficient (Wildman–Crippen LogP) is 1.31. The van der Waals surface area contributed by atoms with Crippen molar-refractivity contribution in [2.45, 2.75) is 38.6 Å². The van der Waals surface area contributed by atoms with E-state index < -0.39 is 11.4 Å². The van der Waals surface area contributed by atoms with E-state index in [2.05, 4.69) is 15.0 Å². The molecule has 0 aliphatic heterocycles. The van der Waals surface area contributed by atoms with Crippen LogP contribution in [-0.2, 0) is 20.7 Å². The van der Waals surface area contributed by atoms with Crippen molar-refractivity contribution in [1.82, 2.24) is 4.98 Å². The SMILES string of the molecule is CCC(C)(Nc1nc(CCC(=O)OC)cs1)C(N)=O. The van der Waals surface area contributed by atoms with Gasteiger partial charge in [-0.05, 0) is 13.3 Å². The average Bonchev–Trinajstić information content (AvgIpc) is 2.82. The number of hydrogen-bond donors (Lipinski definition) is 2. The molecule has 0 bridgehead atoms. The lowest BCUT2D eigenvalue weighted by atomic mass is 9.99. The third kappa shape index (κ3) is 4.20. The number of nitrogens with one attached hydrogen (secondary N) is 1. The van der Waals surface area contributed by atoms with Crippen molar-refractivity contribution in [2.24, 2.45) is 5.73 Å². The molecule has 106 valence electrons. The van der Waals surface area contributed by atoms with E-state index in [0.717, 1.165) is 5.69 Å². The molecule has 1 amide bonds. The zero-order valence-electron chi connectivity index (χ0n) is 11.4. The molecule has 0 aliphatic carbocycles. The largest absolute Gasteiger partial charge is 0.469 e. The molecule has 1 rings (SSSR count). The summed E-state index contributed by atoms with van der Waals surface area (Å²) in [5, 5.41) is 5.52. The van der Waals surface area contributed by atoms with Gasteiger partial charge >= 0.3 is 5.97 Å². The summed E-state index contributed by atoms with van der Waals surface area (Å²) in [6, 6.07) is 0. The Kier molecular flexibility index (Phi) is 5.29. The number of esters is 1. The number of hydrogen-bond acceptors (Lipinski definition) is 6. The molecule has 3 N–H and O–H groups in total. The van der Waals surface area contributed by atoms with Gasteiger partial charge in [0.05, 0.1) is 19.2 Å². The summed E-state index contributed by atoms with van der Waals surface area (Å²) in [6.45, 7) is 3.62. The second-order valence-electron chi connectivity index (χ2n) is 4.40. The summed E-state index contributed by atoms with van der Waals surface area (Å²) in [6.07, 6.45) is 1.38. The Hall–Kier alpha value is -1.63. The molecule has 1 aromatic rings. The van der Waals surface area contributed by atoms with Gasteiger partial charge in [0.15, 0.2) is 5.13 Å². The zero-order chi connectivity index (χ0) is 14.5. The van der Waals surface area contributed by atoms with Crippen molar-refractivity contribution in [1.29, 1.82) is 0 Å². The van der Waals surface area contributed by atoms with Crippen molar-refractivity contribution >= 4 is 28.3 Å². The van der Waals surface area contributed by atoms with Crippen LogP contribution in [0.5, 0.6) is 0 Å². The second-order valence-corrected chi connectivity index (χ2v) is 5.25. The minimum absolute atomic E-state index is 0.266. The molecule has 7 heteroatoms. The van der Waals surface area contributed by atoms with Gasteiger partial charge in [0, 0.05) is 11.8 Å². The van der Waals surface area contributed by atoms with Crippen molar-refractivity contribution in [2.75, 3.05) is 12.4 Å². The number of carbonyl (C=O) groups excluding carboxylic acids is 2. The Bertz CT molecular complexity index is 461. The number of nitrogens with zero attached hydrogens (tertiary/aromatic N) is 1. The Labute approximate surface area is 116 Å². The van der Waals surface area contributed by atoms with E-state index >= 15 is 0 Å². The lowest BCUT2D eigenvalue weighted by molar-refractivity contribution is -0.140. The number of nitrogens with two attached hydrogens (primary N) is 1. The van der Waals surface area contributed by atoms with Gasteiger partial charge in [0.25, 0.3) is 0 Å². The number of anilines is 1. The minimum Gasteiger partial charge on any atom is -0.469 e. The Balaban J connectivity index is 2.64. The third-order valence-corrected chi connectivity index (χ3v) is 3.80. The van der Waals surface area contributed by atoms with Gasteiger partial charge < -0.3 is 15.8 Å². The van der Waals surface area contributed by atoms with Crippen LogP contribution >= 0.6 is 11.3 Å². The number of carbonyl (C=O) groups is 2. The molecule has 0 fully saturated rings. The van der Waals surface area contributed by atoms with Crippen molar-refractivity contribution in [3.63, 3.8) is 0 Å². The van der Waals surface area contributed by atoms with Gasteiger partial charge in [-0.3, -0.25) is 9.59 Å². The van der Waals surface area contributed by atoms with Gasteiger partial charge in [0.2, 0.25) is 5.91 Å². The molecule has 0 radical (unpaired) electrons. The summed E-state index contributed by atoms with van der Waals surface area (Å²) >= 11 is 1.39. The van der Waals surface area contributed by atoms with E-state index in [1.54, 1.807) is 6.92 Å². The predicted molar refractivity (Wildman–Crippen MR) is 74.0 cm³/mol. The maximum Gasteiger partial charge on any atom is 0.305 e. The monoisotopic (exact) mass is 285 g/mol. The molecule has 1 unspecified atom stereocenters. The van der Waals surface area contributed by atoms with Crippen LogP contribution in [0.25, 0.3) is 0 Å². The van der Waals surface area contributed by atoms with Gasteiger partial charge in [-0.2, -0.15) is 0 Å². The molecular weight excluding hydrogens is 266 g/mol. The zero-order valence-corrected chi connectivity index (χ0v) is 12.2. The molecular formula is C12H19N3O3S. The summed E-state index contributed by atoms with van der Waals surface area (Å²) in [5.41, 5.74) is 5.35. The fraction of sp³-hybridized carbons (Fsp3) is 0.583. The summed E-state index contributed by atoms with van der Waals surface area (Å²) in [4.78, 5) is 26.7. The molecule has 1 atom stereocenters. The highest BCUT2D eigenvalue weighted by atomic mass is 32.1. The number of ether oxygens (including phenoxy) is 1. The van der Waals surface area contributed by atoms with Gasteiger partial charge in [-0.1, -0.05) is 6.92 Å². The maximum absolute atomic E-state index is 11.4. The van der Waals surface area contributed by atoms with Crippen molar-refractivity contribution < 1.29 is 14.3 Å². The average molecular weight is 285 g/mol. The van der Waals surface area contributed by atoms with Crippen molar-refractivity contribution in [3.05, 3.63) is 11.1 Å². The van der Waals surface area contributed by atoms with E-state index in [1.807, 2.05) is 12.3 Å². The van der Waals surface area contributed by atoms with Gasteiger partial charge in [-0.15, -0.1) is 11.3 Å². The fourth-order valence-electron chi connectivity index (χ4n) is 1.37. The van der Waals surface area contributed by atoms with Crippen molar-refractivity contribution in [3.8, 4) is 0 Å². The van der Waals surface area contributed by atoms with Crippen LogP contribution in [0.15, 0.2) is 5.38 Å². The summed E-state index contributed by atoms with van der Waals surface area (Å²) < 4.78 is 4.57. The van der Waals surface area contributed by atoms with Crippen LogP contribution in [0.1, 0.15) is 32.4 Å². The number of aryl methyl sites for hydroxylation is 1. The summed E-state index contributed by atoms with van der Waals surface area (Å²) in [5.74, 6) is -0.681. The Morgan fingerprint density at radius 3 is 2.79 bits per heavy atom. The molecule has 6 nitrogen and oxygen atoms in total. The van der Waals surface area contributed by atoms with Crippen LogP contribution in [0.4, 0.5) is 5.13 Å². The molecule has 0 saturated heterocycles. The third-order valence-electron chi connectivity index (χ3n) is 3.00. The first-order chi connectivity index (χ1) is 8.91. The number of rotatable bonds is 7. The first kappa shape index (κ1) is 15.4. The lowest BCUT2D eigenvalue weighted by Crippen LogP contribution is -2.47. The molecule has 0 aliphatic rings. The number of primary amides is 1. The molecule has 0 saturated carbocycles. The molecule has 1 heterocycles. The topological polar surface area (TPSA) is 94.3 Å². The number of thiazole rings is 1. The highest BCUT2D eigenvalue weighted by Gasteiger charge is 2.29. The van der Waals surface area contributed by atoms with Crippen LogP contribution in [0.3, 0.4) is 0 Å². The van der Waals surface area contributed by atoms with E-state index in [9.17, 15) is 9.59 Å². The van der Waals surface area contributed by atoms with Crippen LogP contribution < -0.4 is 11.1 Å². The van der Waals surface area contributed by atoms with Crippen LogP contribution in [-0.4, -0.2) is 29.5 Å². The smallest absolute Gasteiger partial charge is 0.305 e. The molecule has 0 spiro atoms. The molecule has 1 aromatic heterocycles. The van der Waals surface area contributed by atoms with Gasteiger partial charge in [-0.25, -0.2) is 4.98 Å². The Morgan fingerprint density at radius 2 is 2.26 bits per heavy atom. The quantitative estimate of drug-likeness (QED) is 0.737. The maximum atomic E-state index is 11.4. The Morgan fingerprint density at radius 1 is 1.58 bits per heavy atom. The number of amides is 1. The molecule has 0 aromatic carbocycles. The van der Waals surface area contributed by atoms with E-state index in [4.69, 9.17) is 5.73 Å². The van der Waals surface area contributed by atoms with Gasteiger partial charge in [0.1, 0.15) is 5.54 Å². The normalized spacial score (nSPS) is 13.6. The fourth-order valence-corrected chi connectivity index (χ4v) is 2.24. The second kappa shape index (κ2) is 6.51. The minimum atomic E-state index is -0.808. The van der Waals surface area contributed by atoms with Crippen LogP contribution in [0, 0.1) is 0 Å². The number of methoxy groups -OCH3 is 1. The first-order valence-electron chi connectivity index (χ1n) is 6.00. The van der Waals surface area contributed by atoms with Crippen LogP contribution in [0.2, 0.25) is 0 Å². The first-order valence-corrected chi connectivity index (χ1v) is 6.88. The van der Waals surface area contributed by atoms with E-state index in [0.29, 0.717) is 24.4 Å². The van der Waals surface area contributed by atoms with E-state index in [1.165, 1.54) is 18.4 Å². The highest BCUT2D eigenvalue weighted by molar-refractivity contribution is 7.13. The highest BCUT2D eigenvalue weighted by Crippen LogP contribution is 2.22. The summed E-state index contributed by atoms with van der Waals surface area (Å²) in [7, 11) is 1.36. The lowest BCUT2D eigenvalue weighted by Gasteiger charge is -2.25. The molecule has 19 heavy (non-hydrogen) atoms. The number of aromatic nitrogens is 1.